The molecule has 5 heteroatoms. The van der Waals surface area contributed by atoms with Gasteiger partial charge in [0.2, 0.25) is 0 Å². The molecule has 1 aliphatic heterocycles. The van der Waals surface area contributed by atoms with Crippen LogP contribution in [0.1, 0.15) is 12.6 Å². The van der Waals surface area contributed by atoms with Crippen LogP contribution in [0.2, 0.25) is 0 Å². The Kier molecular flexibility index (Phi) is 3.16. The Labute approximate surface area is 113 Å². The van der Waals surface area contributed by atoms with Crippen molar-refractivity contribution in [3.05, 3.63) is 30.1 Å². The number of piperazine rings is 1. The molecule has 1 unspecified atom stereocenters. The first-order valence-corrected chi connectivity index (χ1v) is 6.82. The number of fused-ring (bicyclic) bond motifs is 1. The van der Waals surface area contributed by atoms with E-state index < -0.39 is 0 Å². The summed E-state index contributed by atoms with van der Waals surface area (Å²) in [5.41, 5.74) is 8.01. The van der Waals surface area contributed by atoms with Crippen molar-refractivity contribution >= 4 is 11.5 Å². The lowest BCUT2D eigenvalue weighted by Gasteiger charge is -2.38. The average Bonchev–Trinajstić information content (AvgIpc) is 2.80. The molecule has 0 bridgehead atoms. The van der Waals surface area contributed by atoms with Crippen molar-refractivity contribution in [3.63, 3.8) is 0 Å². The molecular formula is C14H21N5. The normalized spacial score (nSPS) is 21.2. The lowest BCUT2D eigenvalue weighted by atomic mass is 10.2. The van der Waals surface area contributed by atoms with Crippen LogP contribution >= 0.6 is 0 Å². The number of hydrogen-bond donors (Lipinski definition) is 1. The zero-order valence-corrected chi connectivity index (χ0v) is 11.6. The molecule has 2 aromatic heterocycles. The van der Waals surface area contributed by atoms with Crippen molar-refractivity contribution in [2.45, 2.75) is 19.5 Å². The number of hydrogen-bond acceptors (Lipinski definition) is 4. The van der Waals surface area contributed by atoms with Gasteiger partial charge in [-0.05, 0) is 26.1 Å². The van der Waals surface area contributed by atoms with E-state index in [9.17, 15) is 0 Å². The number of nitrogens with zero attached hydrogens (tertiary/aromatic N) is 4. The molecule has 0 spiro atoms. The minimum absolute atomic E-state index is 0.515. The first kappa shape index (κ1) is 12.4. The average molecular weight is 259 g/mol. The van der Waals surface area contributed by atoms with Crippen molar-refractivity contribution < 1.29 is 0 Å². The lowest BCUT2D eigenvalue weighted by Crippen LogP contribution is -2.50. The van der Waals surface area contributed by atoms with Crippen LogP contribution in [-0.4, -0.2) is 47.0 Å². The maximum atomic E-state index is 5.93. The Hall–Kier alpha value is -1.59. The van der Waals surface area contributed by atoms with Gasteiger partial charge in [0.05, 0.1) is 5.69 Å². The number of likely N-dealkylation sites (N-methyl/N-ethyl adjacent to an activating group) is 1. The fourth-order valence-electron chi connectivity index (χ4n) is 2.72. The smallest absolute Gasteiger partial charge is 0.152 e. The highest BCUT2D eigenvalue weighted by Crippen LogP contribution is 2.23. The standard InChI is InChI=1S/C14H21N5/c1-11-10-18(8-7-17(11)2)14-12(9-15)19-6-4-3-5-13(19)16-14/h3-6,11H,7-10,15H2,1-2H3. The van der Waals surface area contributed by atoms with Gasteiger partial charge in [-0.1, -0.05) is 6.07 Å². The van der Waals surface area contributed by atoms with E-state index in [-0.39, 0.29) is 0 Å². The number of nitrogens with two attached hydrogens (primary N) is 1. The molecule has 1 fully saturated rings. The molecule has 0 aliphatic carbocycles. The van der Waals surface area contributed by atoms with Crippen molar-refractivity contribution in [3.8, 4) is 0 Å². The number of imidazole rings is 1. The van der Waals surface area contributed by atoms with Crippen molar-refractivity contribution in [2.24, 2.45) is 5.73 Å². The molecule has 2 aromatic rings. The van der Waals surface area contributed by atoms with Crippen LogP contribution in [0, 0.1) is 0 Å². The van der Waals surface area contributed by atoms with E-state index in [0.717, 1.165) is 36.8 Å². The quantitative estimate of drug-likeness (QED) is 0.872. The minimum Gasteiger partial charge on any atom is -0.352 e. The summed E-state index contributed by atoms with van der Waals surface area (Å²) in [6, 6.07) is 6.61. The first-order valence-electron chi connectivity index (χ1n) is 6.82. The van der Waals surface area contributed by atoms with E-state index in [2.05, 4.69) is 28.2 Å². The predicted molar refractivity (Wildman–Crippen MR) is 77.4 cm³/mol. The van der Waals surface area contributed by atoms with Crippen LogP contribution in [0.5, 0.6) is 0 Å². The fraction of sp³-hybridized carbons (Fsp3) is 0.500. The second-order valence-corrected chi connectivity index (χ2v) is 5.29. The molecule has 3 rings (SSSR count). The third kappa shape index (κ3) is 2.09. The summed E-state index contributed by atoms with van der Waals surface area (Å²) in [4.78, 5) is 9.50. The molecular weight excluding hydrogens is 238 g/mol. The van der Waals surface area contributed by atoms with Gasteiger partial charge in [0.25, 0.3) is 0 Å². The van der Waals surface area contributed by atoms with Crippen molar-refractivity contribution in [1.29, 1.82) is 0 Å². The highest BCUT2D eigenvalue weighted by atomic mass is 15.3. The zero-order chi connectivity index (χ0) is 13.4. The highest BCUT2D eigenvalue weighted by Gasteiger charge is 2.24. The van der Waals surface area contributed by atoms with Crippen LogP contribution in [0.3, 0.4) is 0 Å². The molecule has 2 N–H and O–H groups in total. The van der Waals surface area contributed by atoms with Crippen LogP contribution < -0.4 is 10.6 Å². The molecule has 102 valence electrons. The summed E-state index contributed by atoms with van der Waals surface area (Å²) in [5.74, 6) is 1.05. The largest absolute Gasteiger partial charge is 0.352 e. The third-order valence-corrected chi connectivity index (χ3v) is 4.06. The van der Waals surface area contributed by atoms with Gasteiger partial charge >= 0.3 is 0 Å². The summed E-state index contributed by atoms with van der Waals surface area (Å²) in [5, 5.41) is 0. The van der Waals surface area contributed by atoms with E-state index in [1.807, 2.05) is 24.4 Å². The van der Waals surface area contributed by atoms with Crippen LogP contribution in [-0.2, 0) is 6.54 Å². The topological polar surface area (TPSA) is 49.8 Å². The zero-order valence-electron chi connectivity index (χ0n) is 11.6. The van der Waals surface area contributed by atoms with Crippen LogP contribution in [0.4, 0.5) is 5.82 Å². The molecule has 19 heavy (non-hydrogen) atoms. The third-order valence-electron chi connectivity index (χ3n) is 4.06. The SMILES string of the molecule is CC1CN(c2nc3ccccn3c2CN)CCN1C. The van der Waals surface area contributed by atoms with E-state index in [4.69, 9.17) is 10.7 Å². The summed E-state index contributed by atoms with van der Waals surface area (Å²) in [7, 11) is 2.18. The van der Waals surface area contributed by atoms with Gasteiger partial charge in [0, 0.05) is 38.4 Å². The predicted octanol–water partition coefficient (Wildman–Crippen LogP) is 0.933. The van der Waals surface area contributed by atoms with Gasteiger partial charge in [-0.2, -0.15) is 0 Å². The Morgan fingerprint density at radius 3 is 2.95 bits per heavy atom. The maximum absolute atomic E-state index is 5.93. The van der Waals surface area contributed by atoms with E-state index in [1.54, 1.807) is 0 Å². The van der Waals surface area contributed by atoms with E-state index in [1.165, 1.54) is 0 Å². The van der Waals surface area contributed by atoms with E-state index in [0.29, 0.717) is 12.6 Å². The maximum Gasteiger partial charge on any atom is 0.152 e. The highest BCUT2D eigenvalue weighted by molar-refractivity contribution is 5.56. The molecule has 1 atom stereocenters. The molecule has 1 saturated heterocycles. The summed E-state index contributed by atoms with van der Waals surface area (Å²) in [6.45, 7) is 5.86. The molecule has 0 aromatic carbocycles. The van der Waals surface area contributed by atoms with Gasteiger partial charge in [-0.15, -0.1) is 0 Å². The van der Waals surface area contributed by atoms with Crippen molar-refractivity contribution in [2.75, 3.05) is 31.6 Å². The number of rotatable bonds is 2. The molecule has 3 heterocycles. The van der Waals surface area contributed by atoms with Gasteiger partial charge in [0.1, 0.15) is 5.65 Å². The number of anilines is 1. The number of pyridine rings is 1. The Morgan fingerprint density at radius 2 is 2.21 bits per heavy atom. The Bertz CT molecular complexity index is 576. The first-order chi connectivity index (χ1) is 9.20. The second-order valence-electron chi connectivity index (χ2n) is 5.29. The second kappa shape index (κ2) is 4.83. The molecule has 5 nitrogen and oxygen atoms in total. The molecule has 1 aliphatic rings. The van der Waals surface area contributed by atoms with Crippen molar-refractivity contribution in [1.82, 2.24) is 14.3 Å². The number of aromatic nitrogens is 2. The Morgan fingerprint density at radius 1 is 1.37 bits per heavy atom. The van der Waals surface area contributed by atoms with Gasteiger partial charge in [-0.3, -0.25) is 0 Å². The minimum atomic E-state index is 0.515. The van der Waals surface area contributed by atoms with Crippen LogP contribution in [0.15, 0.2) is 24.4 Å². The molecule has 0 saturated carbocycles. The summed E-state index contributed by atoms with van der Waals surface area (Å²) < 4.78 is 2.10. The lowest BCUT2D eigenvalue weighted by molar-refractivity contribution is 0.233. The van der Waals surface area contributed by atoms with E-state index >= 15 is 0 Å². The van der Waals surface area contributed by atoms with Gasteiger partial charge < -0.3 is 19.9 Å². The Balaban J connectivity index is 2.00. The van der Waals surface area contributed by atoms with Gasteiger partial charge in [0.15, 0.2) is 5.82 Å². The van der Waals surface area contributed by atoms with Crippen LogP contribution in [0.25, 0.3) is 5.65 Å². The van der Waals surface area contributed by atoms with Gasteiger partial charge in [-0.25, -0.2) is 4.98 Å². The summed E-state index contributed by atoms with van der Waals surface area (Å²) >= 11 is 0. The molecule has 0 amide bonds. The monoisotopic (exact) mass is 259 g/mol. The summed E-state index contributed by atoms with van der Waals surface area (Å²) in [6.07, 6.45) is 2.04. The fourth-order valence-corrected chi connectivity index (χ4v) is 2.72. The molecule has 0 radical (unpaired) electrons.